The Hall–Kier alpha value is -3.68. The van der Waals surface area contributed by atoms with Gasteiger partial charge in [-0.3, -0.25) is 19.2 Å². The summed E-state index contributed by atoms with van der Waals surface area (Å²) < 4.78 is 4.09. The van der Waals surface area contributed by atoms with Crippen molar-refractivity contribution < 1.29 is 29.0 Å². The number of likely N-dealkylation sites (N-methyl/N-ethyl adjacent to an activating group) is 1. The number of ether oxygens (including phenoxy) is 1. The lowest BCUT2D eigenvalue weighted by Gasteiger charge is -2.03. The number of benzene rings is 2. The second-order valence-electron chi connectivity index (χ2n) is 6.47. The fraction of sp³-hybridized carbons (Fsp3) is 0.304. The largest absolute Gasteiger partial charge is 0.481 e. The van der Waals surface area contributed by atoms with Gasteiger partial charge >= 0.3 is 5.97 Å². The number of rotatable bonds is 7. The quantitative estimate of drug-likeness (QED) is 0.456. The van der Waals surface area contributed by atoms with Crippen molar-refractivity contribution in [2.24, 2.45) is 0 Å². The molecule has 0 heterocycles. The second-order valence-corrected chi connectivity index (χ2v) is 6.47. The average molecular weight is 431 g/mol. The predicted octanol–water partition coefficient (Wildman–Crippen LogP) is 2.01. The van der Waals surface area contributed by atoms with Gasteiger partial charge < -0.3 is 20.5 Å². The Morgan fingerprint density at radius 2 is 1.26 bits per heavy atom. The van der Waals surface area contributed by atoms with Gasteiger partial charge in [0.05, 0.1) is 0 Å². The van der Waals surface area contributed by atoms with E-state index in [1.54, 1.807) is 0 Å². The molecule has 0 fully saturated rings. The van der Waals surface area contributed by atoms with Crippen LogP contribution in [0.4, 0.5) is 0 Å². The predicted molar refractivity (Wildman–Crippen MR) is 118 cm³/mol. The Labute approximate surface area is 182 Å². The molecular formula is C23H30N2O6. The summed E-state index contributed by atoms with van der Waals surface area (Å²) in [7, 11) is 2.86. The van der Waals surface area contributed by atoms with Crippen molar-refractivity contribution in [2.75, 3.05) is 20.7 Å². The number of carbonyl (C=O) groups excluding carboxylic acids is 3. The minimum absolute atomic E-state index is 0.194. The first kappa shape index (κ1) is 27.3. The summed E-state index contributed by atoms with van der Waals surface area (Å²) in [6.45, 7) is 4.28. The minimum atomic E-state index is -1.11. The molecule has 0 aromatic heterocycles. The van der Waals surface area contributed by atoms with Crippen molar-refractivity contribution in [1.82, 2.24) is 10.6 Å². The summed E-state index contributed by atoms with van der Waals surface area (Å²) in [5.41, 5.74) is 5.40. The molecule has 168 valence electrons. The summed E-state index contributed by atoms with van der Waals surface area (Å²) in [6, 6.07) is 17.5. The number of carbonyl (C=O) groups is 4. The van der Waals surface area contributed by atoms with E-state index in [0.717, 1.165) is 6.42 Å². The molecule has 8 nitrogen and oxygen atoms in total. The van der Waals surface area contributed by atoms with E-state index in [1.165, 1.54) is 36.3 Å². The van der Waals surface area contributed by atoms with E-state index in [4.69, 9.17) is 5.11 Å². The van der Waals surface area contributed by atoms with Gasteiger partial charge in [-0.05, 0) is 31.4 Å². The van der Waals surface area contributed by atoms with Gasteiger partial charge in [0.1, 0.15) is 6.42 Å². The van der Waals surface area contributed by atoms with Crippen molar-refractivity contribution >= 4 is 24.3 Å². The van der Waals surface area contributed by atoms with Crippen LogP contribution in [0.3, 0.4) is 0 Å². The van der Waals surface area contributed by atoms with E-state index < -0.39 is 18.3 Å². The summed E-state index contributed by atoms with van der Waals surface area (Å²) in [5.74, 6) is -1.89. The van der Waals surface area contributed by atoms with Gasteiger partial charge in [0.2, 0.25) is 5.91 Å². The lowest BCUT2D eigenvalue weighted by molar-refractivity contribution is -0.140. The first-order valence-electron chi connectivity index (χ1n) is 9.51. The van der Waals surface area contributed by atoms with Gasteiger partial charge in [0, 0.05) is 14.1 Å². The van der Waals surface area contributed by atoms with Crippen LogP contribution in [-0.4, -0.2) is 50.1 Å². The van der Waals surface area contributed by atoms with Crippen molar-refractivity contribution in [2.45, 2.75) is 26.7 Å². The van der Waals surface area contributed by atoms with Crippen LogP contribution in [0, 0.1) is 13.8 Å². The molecule has 2 aromatic carbocycles. The summed E-state index contributed by atoms with van der Waals surface area (Å²) in [5, 5.41) is 12.4. The monoisotopic (exact) mass is 430 g/mol. The third-order valence-corrected chi connectivity index (χ3v) is 3.80. The number of nitrogens with one attached hydrogen (secondary N) is 2. The maximum absolute atomic E-state index is 10.2. The van der Waals surface area contributed by atoms with Gasteiger partial charge in [-0.1, -0.05) is 59.7 Å². The fourth-order valence-electron chi connectivity index (χ4n) is 2.06. The highest BCUT2D eigenvalue weighted by molar-refractivity contribution is 5.93. The zero-order chi connectivity index (χ0) is 23.6. The van der Waals surface area contributed by atoms with Crippen LogP contribution in [0.25, 0.3) is 0 Å². The van der Waals surface area contributed by atoms with Crippen LogP contribution in [0.1, 0.15) is 28.7 Å². The van der Waals surface area contributed by atoms with E-state index >= 15 is 0 Å². The van der Waals surface area contributed by atoms with Crippen molar-refractivity contribution in [3.63, 3.8) is 0 Å². The molecule has 0 saturated carbocycles. The molecular weight excluding hydrogens is 400 g/mol. The van der Waals surface area contributed by atoms with E-state index in [-0.39, 0.29) is 19.0 Å². The van der Waals surface area contributed by atoms with Crippen LogP contribution in [0.2, 0.25) is 0 Å². The van der Waals surface area contributed by atoms with E-state index in [2.05, 4.69) is 77.7 Å². The molecule has 0 aliphatic rings. The molecule has 2 amide bonds. The lowest BCUT2D eigenvalue weighted by Crippen LogP contribution is -2.22. The Kier molecular flexibility index (Phi) is 14.2. The third kappa shape index (κ3) is 14.9. The van der Waals surface area contributed by atoms with Gasteiger partial charge in [-0.25, -0.2) is 0 Å². The Bertz CT molecular complexity index is 773. The van der Waals surface area contributed by atoms with E-state index in [1.807, 2.05) is 0 Å². The summed E-state index contributed by atoms with van der Waals surface area (Å²) in [4.78, 5) is 39.4. The van der Waals surface area contributed by atoms with Crippen molar-refractivity contribution in [3.8, 4) is 0 Å². The van der Waals surface area contributed by atoms with Gasteiger partial charge in [-0.2, -0.15) is 0 Å². The van der Waals surface area contributed by atoms with Crippen LogP contribution in [0.5, 0.6) is 0 Å². The van der Waals surface area contributed by atoms with Crippen LogP contribution >= 0.6 is 0 Å². The third-order valence-electron chi connectivity index (χ3n) is 3.80. The van der Waals surface area contributed by atoms with Crippen LogP contribution in [0.15, 0.2) is 48.5 Å². The number of amides is 2. The molecule has 2 aromatic rings. The lowest BCUT2D eigenvalue weighted by atomic mass is 10.0. The number of hydrogen-bond donors (Lipinski definition) is 3. The molecule has 3 N–H and O–H groups in total. The molecule has 0 spiro atoms. The molecule has 0 atom stereocenters. The topological polar surface area (TPSA) is 122 Å². The van der Waals surface area contributed by atoms with Gasteiger partial charge in [0.25, 0.3) is 12.4 Å². The molecule has 8 heteroatoms. The Morgan fingerprint density at radius 3 is 1.55 bits per heavy atom. The second kappa shape index (κ2) is 16.2. The van der Waals surface area contributed by atoms with Gasteiger partial charge in [0.15, 0.2) is 6.61 Å². The molecule has 0 aliphatic heterocycles. The molecule has 0 radical (unpaired) electrons. The van der Waals surface area contributed by atoms with Gasteiger partial charge in [-0.15, -0.1) is 0 Å². The first-order valence-corrected chi connectivity index (χ1v) is 9.51. The maximum atomic E-state index is 10.2. The Morgan fingerprint density at radius 1 is 0.839 bits per heavy atom. The summed E-state index contributed by atoms with van der Waals surface area (Å²) in [6.07, 6.45) is 0.580. The smallest absolute Gasteiger partial charge is 0.312 e. The fourth-order valence-corrected chi connectivity index (χ4v) is 2.06. The minimum Gasteiger partial charge on any atom is -0.481 e. The molecule has 0 bridgehead atoms. The number of aliphatic carboxylic acids is 1. The molecule has 2 rings (SSSR count). The van der Waals surface area contributed by atoms with Crippen LogP contribution < -0.4 is 10.6 Å². The molecule has 0 aliphatic carbocycles. The zero-order valence-corrected chi connectivity index (χ0v) is 18.3. The van der Waals surface area contributed by atoms with Crippen molar-refractivity contribution in [3.05, 3.63) is 70.8 Å². The van der Waals surface area contributed by atoms with E-state index in [0.29, 0.717) is 0 Å². The first-order chi connectivity index (χ1) is 14.7. The highest BCUT2D eigenvalue weighted by Crippen LogP contribution is 2.11. The molecule has 0 unspecified atom stereocenters. The SMILES string of the molecule is CNC(=O)CC(=O)O.CNC(=O)COC=O.Cc1ccc(Cc2ccc(C)cc2)cc1. The number of carboxylic acid groups (broad SMARTS) is 1. The van der Waals surface area contributed by atoms with Crippen LogP contribution in [-0.2, 0) is 30.3 Å². The molecule has 0 saturated heterocycles. The van der Waals surface area contributed by atoms with Crippen molar-refractivity contribution in [1.29, 1.82) is 0 Å². The number of aryl methyl sites for hydroxylation is 2. The normalized spacial score (nSPS) is 9.03. The number of carboxylic acids is 1. The van der Waals surface area contributed by atoms with E-state index in [9.17, 15) is 19.2 Å². The number of hydrogen-bond acceptors (Lipinski definition) is 5. The summed E-state index contributed by atoms with van der Waals surface area (Å²) >= 11 is 0. The average Bonchev–Trinajstić information content (AvgIpc) is 2.75. The Balaban J connectivity index is 0.000000483. The maximum Gasteiger partial charge on any atom is 0.312 e. The molecule has 31 heavy (non-hydrogen) atoms. The zero-order valence-electron chi connectivity index (χ0n) is 18.3. The highest BCUT2D eigenvalue weighted by Gasteiger charge is 2.02. The highest BCUT2D eigenvalue weighted by atomic mass is 16.5. The standard InChI is InChI=1S/C15H16.2C4H7NO3/c1-12-3-7-14(8-4-12)11-15-9-5-13(2)6-10-15;1-5-4(7)2-8-3-6;1-5-3(6)2-4(7)8/h3-10H,11H2,1-2H3;3H,2H2,1H3,(H,5,7);2H2,1H3,(H,5,6)(H,7,8).